The number of aliphatic hydroxyl groups is 1. The average molecular weight is 753 g/mol. The summed E-state index contributed by atoms with van der Waals surface area (Å²) in [5.41, 5.74) is -1.69. The molecule has 262 valence electrons. The van der Waals surface area contributed by atoms with Crippen LogP contribution in [0, 0.1) is 5.41 Å². The summed E-state index contributed by atoms with van der Waals surface area (Å²) >= 11 is 8.07. The van der Waals surface area contributed by atoms with Gasteiger partial charge in [0.05, 0.1) is 19.8 Å². The molecule has 0 unspecified atom stereocenters. The third-order valence-corrected chi connectivity index (χ3v) is 7.13. The Labute approximate surface area is 287 Å². The van der Waals surface area contributed by atoms with Crippen LogP contribution >= 0.6 is 40.5 Å². The number of halogens is 6. The highest BCUT2D eigenvalue weighted by molar-refractivity contribution is 9.09. The van der Waals surface area contributed by atoms with Crippen LogP contribution in [0.4, 0.5) is 22.0 Å². The van der Waals surface area contributed by atoms with E-state index in [9.17, 15) is 31.5 Å². The van der Waals surface area contributed by atoms with Crippen LogP contribution in [0.2, 0.25) is 6.82 Å². The van der Waals surface area contributed by atoms with Gasteiger partial charge in [-0.05, 0) is 74.1 Å². The van der Waals surface area contributed by atoms with E-state index in [0.717, 1.165) is 43.1 Å². The number of ether oxygens (including phenoxy) is 2. The topological polar surface area (TPSA) is 82.1 Å². The number of alkyl halides is 6. The van der Waals surface area contributed by atoms with Gasteiger partial charge in [-0.1, -0.05) is 67.7 Å². The molecule has 0 saturated carbocycles. The maximum atomic E-state index is 13.4. The van der Waals surface area contributed by atoms with Gasteiger partial charge in [0, 0.05) is 18.4 Å². The maximum Gasteiger partial charge on any atom is 0.453 e. The number of thiol groups is 1. The molecule has 0 aromatic heterocycles. The third-order valence-electron chi connectivity index (χ3n) is 6.10. The smallest absolute Gasteiger partial charge is 0.453 e. The quantitative estimate of drug-likeness (QED) is 0.0137. The van der Waals surface area contributed by atoms with E-state index >= 15 is 0 Å². The molecular formula is C28H54B2BrF5O6S2. The summed E-state index contributed by atoms with van der Waals surface area (Å²) < 4.78 is 106. The number of unbranched alkanes of at least 4 members (excludes halogenated alkanes) is 8. The Balaban J connectivity index is -0.00000120. The monoisotopic (exact) mass is 752 g/mol. The molecule has 16 heteroatoms. The van der Waals surface area contributed by atoms with Gasteiger partial charge in [-0.15, -0.1) is 0 Å². The Morgan fingerprint density at radius 3 is 1.95 bits per heavy atom. The predicted octanol–water partition coefficient (Wildman–Crippen LogP) is 7.70. The van der Waals surface area contributed by atoms with Crippen molar-refractivity contribution >= 4 is 66.7 Å². The summed E-state index contributed by atoms with van der Waals surface area (Å²) in [6.45, 7) is 5.34. The van der Waals surface area contributed by atoms with E-state index in [-0.39, 0.29) is 31.8 Å². The summed E-state index contributed by atoms with van der Waals surface area (Å²) in [5.74, 6) is -6.88. The molecule has 0 aliphatic heterocycles. The van der Waals surface area contributed by atoms with E-state index in [1.807, 2.05) is 0 Å². The van der Waals surface area contributed by atoms with Crippen LogP contribution in [0.25, 0.3) is 0 Å². The second-order valence-electron chi connectivity index (χ2n) is 9.62. The number of hydrogen-bond donors (Lipinski definition) is 2. The SMILES string of the molecule is [2H]B(C)S.[2H]B([3H])CSOCCCCCCCC(CCCC(F)(F)C(F)(F)F)(C(=O)OCC)C(=O)OCC.[3H]OCCCCCCCBr. The molecule has 0 rings (SSSR count). The van der Waals surface area contributed by atoms with E-state index in [1.54, 1.807) is 6.82 Å². The molecule has 1 N–H and O–H groups in total. The highest BCUT2D eigenvalue weighted by Gasteiger charge is 2.57. The lowest BCUT2D eigenvalue weighted by Gasteiger charge is -2.30. The average Bonchev–Trinajstić information content (AvgIpc) is 2.98. The molecule has 0 aromatic rings. The number of carbonyl (C=O) groups excluding carboxylic acids is 2. The van der Waals surface area contributed by atoms with Crippen LogP contribution < -0.4 is 0 Å². The zero-order valence-corrected chi connectivity index (χ0v) is 29.7. The molecule has 6 nitrogen and oxygen atoms in total. The van der Waals surface area contributed by atoms with Crippen molar-refractivity contribution in [1.82, 2.24) is 0 Å². The van der Waals surface area contributed by atoms with E-state index in [2.05, 4.69) is 33.5 Å². The molecule has 0 spiro atoms. The van der Waals surface area contributed by atoms with Crippen molar-refractivity contribution in [2.75, 3.05) is 37.4 Å². The van der Waals surface area contributed by atoms with Gasteiger partial charge >= 0.3 is 24.0 Å². The Morgan fingerprint density at radius 2 is 1.45 bits per heavy atom. The zero-order valence-electron chi connectivity index (χ0n) is 30.4. The first-order chi connectivity index (χ1) is 22.5. The second kappa shape index (κ2) is 31.4. The molecule has 0 atom stereocenters. The lowest BCUT2D eigenvalue weighted by atomic mass is 9.77. The minimum absolute atomic E-state index is 0.0804. The first-order valence-electron chi connectivity index (χ1n) is 17.2. The minimum Gasteiger partial charge on any atom is -0.465 e. The lowest BCUT2D eigenvalue weighted by molar-refractivity contribution is -0.284. The van der Waals surface area contributed by atoms with Gasteiger partial charge in [0.25, 0.3) is 0 Å². The van der Waals surface area contributed by atoms with Crippen LogP contribution in [0.5, 0.6) is 0 Å². The minimum atomic E-state index is -5.71. The fourth-order valence-corrected chi connectivity index (χ4v) is 4.59. The van der Waals surface area contributed by atoms with Gasteiger partial charge in [-0.25, -0.2) is 12.5 Å². The maximum absolute atomic E-state index is 13.4. The van der Waals surface area contributed by atoms with Crippen molar-refractivity contribution in [3.63, 3.8) is 0 Å². The molecule has 0 aromatic carbocycles. The molecule has 0 bridgehead atoms. The first-order valence-corrected chi connectivity index (χ1v) is 17.7. The molecular weight excluding hydrogens is 693 g/mol. The Bertz CT molecular complexity index is 762. The number of carbonyl (C=O) groups is 2. The summed E-state index contributed by atoms with van der Waals surface area (Å²) in [4.78, 5) is 25.3. The molecule has 0 amide bonds. The van der Waals surface area contributed by atoms with Gasteiger partial charge < -0.3 is 18.8 Å². The summed E-state index contributed by atoms with van der Waals surface area (Å²) in [6, 6.07) is 0. The van der Waals surface area contributed by atoms with Gasteiger partial charge in [0.1, 0.15) is 7.77 Å². The van der Waals surface area contributed by atoms with Crippen molar-refractivity contribution in [3.8, 4) is 0 Å². The number of esters is 2. The van der Waals surface area contributed by atoms with Crippen LogP contribution in [0.1, 0.15) is 104 Å². The van der Waals surface area contributed by atoms with Gasteiger partial charge in [0.2, 0.25) is 1.43 Å². The molecule has 0 aliphatic carbocycles. The standard InChI is InChI=1S/C20H34BF5O5S.C7H15BrO.CH5BS/c1-3-29-16(27)18(17(28)30-4-2,12-10-13-19(22,23)20(24,25)26)11-8-6-5-7-9-14-31-32-15-21;8-6-4-2-1-3-5-7-9;1-2-3/h3-15,21H2,1-2H3;9H,1-7H2;2-3H,1H3/i21TD;9T;2D. The van der Waals surface area contributed by atoms with Crippen molar-refractivity contribution in [2.24, 2.45) is 5.41 Å². The van der Waals surface area contributed by atoms with Crippen molar-refractivity contribution in [1.29, 1.82) is 5.44 Å². The van der Waals surface area contributed by atoms with Crippen molar-refractivity contribution < 1.29 is 50.3 Å². The molecule has 0 fully saturated rings. The molecule has 0 saturated heterocycles. The molecule has 44 heavy (non-hydrogen) atoms. The normalized spacial score (nSPS) is 12.7. The second-order valence-corrected chi connectivity index (χ2v) is 11.7. The van der Waals surface area contributed by atoms with Gasteiger partial charge in [-0.3, -0.25) is 9.59 Å². The fraction of sp³-hybridized carbons (Fsp3) is 0.929. The van der Waals surface area contributed by atoms with Crippen LogP contribution in [-0.2, 0) is 23.2 Å². The van der Waals surface area contributed by atoms with Crippen LogP contribution in [-0.4, -0.2) is 86.3 Å². The Morgan fingerprint density at radius 1 is 0.955 bits per heavy atom. The van der Waals surface area contributed by atoms with Crippen LogP contribution in [0.15, 0.2) is 0 Å². The highest BCUT2D eigenvalue weighted by Crippen LogP contribution is 2.42. The predicted molar refractivity (Wildman–Crippen MR) is 181 cm³/mol. The number of aliphatic hydroxyl groups excluding tert-OH is 1. The summed E-state index contributed by atoms with van der Waals surface area (Å²) in [7, 11) is -0.955. The highest BCUT2D eigenvalue weighted by atomic mass is 79.9. The van der Waals surface area contributed by atoms with E-state index in [0.29, 0.717) is 26.1 Å². The van der Waals surface area contributed by atoms with Crippen molar-refractivity contribution in [3.05, 3.63) is 0 Å². The Hall–Kier alpha value is -0.180. The van der Waals surface area contributed by atoms with Gasteiger partial charge in [0.15, 0.2) is 11.9 Å². The van der Waals surface area contributed by atoms with E-state index < -0.39 is 56.5 Å². The molecule has 0 aliphatic rings. The number of rotatable bonds is 26. The summed E-state index contributed by atoms with van der Waals surface area (Å²) in [6.07, 6.45) is 0.645. The molecule has 0 radical (unpaired) electrons. The number of hydrogen-bond acceptors (Lipinski definition) is 8. The third kappa shape index (κ3) is 25.0. The van der Waals surface area contributed by atoms with Gasteiger partial charge in [-0.2, -0.15) is 22.0 Å². The molecule has 0 heterocycles. The fourth-order valence-electron chi connectivity index (χ4n) is 3.86. The zero-order chi connectivity index (χ0) is 37.5. The van der Waals surface area contributed by atoms with Crippen LogP contribution in [0.3, 0.4) is 0 Å². The van der Waals surface area contributed by atoms with E-state index in [4.69, 9.17) is 19.1 Å². The first kappa shape index (κ1) is 40.0. The summed E-state index contributed by atoms with van der Waals surface area (Å²) in [5, 5.41) is 5.30. The van der Waals surface area contributed by atoms with E-state index in [1.165, 1.54) is 39.5 Å². The van der Waals surface area contributed by atoms with Crippen molar-refractivity contribution in [2.45, 2.75) is 123 Å². The lowest BCUT2D eigenvalue weighted by Crippen LogP contribution is -2.43. The Kier molecular flexibility index (Phi) is 28.6. The largest absolute Gasteiger partial charge is 0.465 e.